The number of fused-ring (bicyclic) bond motifs is 1. The fourth-order valence-electron chi connectivity index (χ4n) is 2.77. The first-order valence-electron chi connectivity index (χ1n) is 8.93. The van der Waals surface area contributed by atoms with Gasteiger partial charge in [0.1, 0.15) is 11.2 Å². The van der Waals surface area contributed by atoms with E-state index >= 15 is 0 Å². The summed E-state index contributed by atoms with van der Waals surface area (Å²) in [5, 5.41) is 13.1. The van der Waals surface area contributed by atoms with Crippen LogP contribution in [0.3, 0.4) is 0 Å². The minimum atomic E-state index is -0.636. The van der Waals surface area contributed by atoms with Crippen molar-refractivity contribution in [1.82, 2.24) is 9.38 Å². The van der Waals surface area contributed by atoms with Gasteiger partial charge in [0.25, 0.3) is 0 Å². The molecular formula is C19H25N5O3. The van der Waals surface area contributed by atoms with Gasteiger partial charge < -0.3 is 20.1 Å². The maximum Gasteiger partial charge on any atom is 0.360 e. The standard InChI is InChI=1S/C19H25N5O3/c1-19(2,3)27-18(26)16(23-20)8-21-7-15-10-24-9-13(12-4-5-12)6-14(11-25)17(24)22-15/h6,8-10,12,25H,4-5,7,11,20H2,1-3H3/b21-8?,23-16+. The van der Waals surface area contributed by atoms with E-state index in [0.717, 1.165) is 11.3 Å². The number of hydrogen-bond acceptors (Lipinski definition) is 7. The van der Waals surface area contributed by atoms with Gasteiger partial charge in [0, 0.05) is 18.0 Å². The molecule has 1 fully saturated rings. The van der Waals surface area contributed by atoms with Gasteiger partial charge in [0.05, 0.1) is 25.1 Å². The summed E-state index contributed by atoms with van der Waals surface area (Å²) in [6.07, 6.45) is 7.60. The average molecular weight is 371 g/mol. The Bertz CT molecular complexity index is 904. The molecule has 0 saturated heterocycles. The molecule has 0 amide bonds. The van der Waals surface area contributed by atoms with Crippen LogP contribution in [0.5, 0.6) is 0 Å². The van der Waals surface area contributed by atoms with E-state index in [-0.39, 0.29) is 18.9 Å². The minimum absolute atomic E-state index is 0.0549. The molecule has 2 heterocycles. The van der Waals surface area contributed by atoms with Gasteiger partial charge >= 0.3 is 5.97 Å². The second kappa shape index (κ2) is 7.48. The van der Waals surface area contributed by atoms with E-state index in [0.29, 0.717) is 11.6 Å². The Balaban J connectivity index is 1.74. The number of aliphatic hydroxyl groups excluding tert-OH is 1. The summed E-state index contributed by atoms with van der Waals surface area (Å²) in [4.78, 5) is 20.7. The number of rotatable bonds is 6. The van der Waals surface area contributed by atoms with Crippen molar-refractivity contribution in [2.24, 2.45) is 15.9 Å². The molecule has 2 aromatic rings. The van der Waals surface area contributed by atoms with Crippen LogP contribution in [0.25, 0.3) is 5.65 Å². The van der Waals surface area contributed by atoms with Crippen molar-refractivity contribution in [3.63, 3.8) is 0 Å². The van der Waals surface area contributed by atoms with E-state index in [9.17, 15) is 9.90 Å². The molecule has 0 unspecified atom stereocenters. The molecule has 0 aliphatic heterocycles. The molecule has 3 N–H and O–H groups in total. The Labute approximate surface area is 157 Å². The van der Waals surface area contributed by atoms with Crippen LogP contribution in [0.4, 0.5) is 0 Å². The predicted molar refractivity (Wildman–Crippen MR) is 103 cm³/mol. The summed E-state index contributed by atoms with van der Waals surface area (Å²) >= 11 is 0. The molecule has 1 saturated carbocycles. The monoisotopic (exact) mass is 371 g/mol. The van der Waals surface area contributed by atoms with E-state index in [1.54, 1.807) is 20.8 Å². The van der Waals surface area contributed by atoms with E-state index in [1.807, 2.05) is 16.7 Å². The van der Waals surface area contributed by atoms with Crippen LogP contribution in [0.15, 0.2) is 28.6 Å². The third-order valence-electron chi connectivity index (χ3n) is 4.13. The smallest absolute Gasteiger partial charge is 0.360 e. The second-order valence-electron chi connectivity index (χ2n) is 7.68. The zero-order valence-corrected chi connectivity index (χ0v) is 15.8. The van der Waals surface area contributed by atoms with E-state index < -0.39 is 11.6 Å². The Morgan fingerprint density at radius 1 is 1.44 bits per heavy atom. The van der Waals surface area contributed by atoms with Crippen LogP contribution in [-0.2, 0) is 22.7 Å². The molecule has 27 heavy (non-hydrogen) atoms. The number of nitrogens with two attached hydrogens (primary N) is 1. The third-order valence-corrected chi connectivity index (χ3v) is 4.13. The topological polar surface area (TPSA) is 115 Å². The molecule has 3 rings (SSSR count). The fourth-order valence-corrected chi connectivity index (χ4v) is 2.77. The summed E-state index contributed by atoms with van der Waals surface area (Å²) in [6, 6.07) is 2.02. The summed E-state index contributed by atoms with van der Waals surface area (Å²) < 4.78 is 7.15. The van der Waals surface area contributed by atoms with Gasteiger partial charge in [-0.1, -0.05) is 0 Å². The lowest BCUT2D eigenvalue weighted by atomic mass is 10.1. The van der Waals surface area contributed by atoms with Crippen LogP contribution in [0.1, 0.15) is 56.4 Å². The van der Waals surface area contributed by atoms with Gasteiger partial charge in [-0.2, -0.15) is 5.10 Å². The van der Waals surface area contributed by atoms with Gasteiger partial charge in [-0.15, -0.1) is 0 Å². The highest BCUT2D eigenvalue weighted by Crippen LogP contribution is 2.40. The number of hydrogen-bond donors (Lipinski definition) is 2. The molecule has 1 aliphatic rings. The first-order valence-corrected chi connectivity index (χ1v) is 8.93. The highest BCUT2D eigenvalue weighted by atomic mass is 16.6. The van der Waals surface area contributed by atoms with Crippen molar-refractivity contribution in [1.29, 1.82) is 0 Å². The Hall–Kier alpha value is -2.74. The quantitative estimate of drug-likeness (QED) is 0.348. The van der Waals surface area contributed by atoms with Crippen LogP contribution in [0.2, 0.25) is 0 Å². The number of esters is 1. The van der Waals surface area contributed by atoms with Crippen LogP contribution >= 0.6 is 0 Å². The van der Waals surface area contributed by atoms with Crippen molar-refractivity contribution < 1.29 is 14.6 Å². The molecular weight excluding hydrogens is 346 g/mol. The zero-order chi connectivity index (χ0) is 19.6. The van der Waals surface area contributed by atoms with Gasteiger partial charge in [-0.3, -0.25) is 4.99 Å². The maximum atomic E-state index is 12.0. The zero-order valence-electron chi connectivity index (χ0n) is 15.8. The van der Waals surface area contributed by atoms with Gasteiger partial charge in [-0.25, -0.2) is 9.78 Å². The SMILES string of the molecule is CC(C)(C)OC(=O)/C(C=NCc1cn2cc(C3CC3)cc(CO)c2n1)=N/N. The summed E-state index contributed by atoms with van der Waals surface area (Å²) in [7, 11) is 0. The average Bonchev–Trinajstić information content (AvgIpc) is 3.36. The lowest BCUT2D eigenvalue weighted by Crippen LogP contribution is -2.30. The molecule has 1 aliphatic carbocycles. The molecule has 2 aromatic heterocycles. The van der Waals surface area contributed by atoms with Crippen molar-refractivity contribution in [2.75, 3.05) is 0 Å². The second-order valence-corrected chi connectivity index (χ2v) is 7.68. The number of aromatic nitrogens is 2. The first kappa shape index (κ1) is 19.0. The van der Waals surface area contributed by atoms with Crippen molar-refractivity contribution >= 4 is 23.5 Å². The highest BCUT2D eigenvalue weighted by Gasteiger charge is 2.25. The largest absolute Gasteiger partial charge is 0.455 e. The number of aliphatic hydroxyl groups is 1. The summed E-state index contributed by atoms with van der Waals surface area (Å²) in [6.45, 7) is 5.49. The molecule has 0 aromatic carbocycles. The molecule has 8 heteroatoms. The number of carbonyl (C=O) groups excluding carboxylic acids is 1. The van der Waals surface area contributed by atoms with E-state index in [4.69, 9.17) is 10.6 Å². The molecule has 0 radical (unpaired) electrons. The number of hydrazone groups is 1. The lowest BCUT2D eigenvalue weighted by Gasteiger charge is -2.18. The Morgan fingerprint density at radius 3 is 2.78 bits per heavy atom. The molecule has 0 spiro atoms. The lowest BCUT2D eigenvalue weighted by molar-refractivity contribution is -0.145. The van der Waals surface area contributed by atoms with Crippen LogP contribution in [-0.4, -0.2) is 38.0 Å². The van der Waals surface area contributed by atoms with Crippen LogP contribution < -0.4 is 5.84 Å². The molecule has 0 bridgehead atoms. The van der Waals surface area contributed by atoms with Crippen molar-refractivity contribution in [2.45, 2.75) is 58.3 Å². The third kappa shape index (κ3) is 4.71. The van der Waals surface area contributed by atoms with Crippen LogP contribution in [0, 0.1) is 0 Å². The number of imidazole rings is 1. The highest BCUT2D eigenvalue weighted by molar-refractivity contribution is 6.59. The van der Waals surface area contributed by atoms with E-state index in [1.165, 1.54) is 24.6 Å². The number of aliphatic imine (C=N–C) groups is 1. The Kier molecular flexibility index (Phi) is 5.27. The molecule has 0 atom stereocenters. The minimum Gasteiger partial charge on any atom is -0.455 e. The number of nitrogens with zero attached hydrogens (tertiary/aromatic N) is 4. The predicted octanol–water partition coefficient (Wildman–Crippen LogP) is 1.93. The van der Waals surface area contributed by atoms with E-state index in [2.05, 4.69) is 21.3 Å². The van der Waals surface area contributed by atoms with Gasteiger partial charge in [0.2, 0.25) is 0 Å². The van der Waals surface area contributed by atoms with Gasteiger partial charge in [0.15, 0.2) is 5.71 Å². The van der Waals surface area contributed by atoms with Crippen molar-refractivity contribution in [3.8, 4) is 0 Å². The maximum absolute atomic E-state index is 12.0. The summed E-state index contributed by atoms with van der Waals surface area (Å²) in [5.74, 6) is 5.23. The first-order chi connectivity index (χ1) is 12.8. The number of ether oxygens (including phenoxy) is 1. The Morgan fingerprint density at radius 2 is 2.19 bits per heavy atom. The summed E-state index contributed by atoms with van der Waals surface area (Å²) in [5.41, 5.74) is 2.76. The number of carbonyl (C=O) groups is 1. The molecule has 144 valence electrons. The van der Waals surface area contributed by atoms with Crippen molar-refractivity contribution in [3.05, 3.63) is 35.3 Å². The normalized spacial score (nSPS) is 15.6. The molecule has 8 nitrogen and oxygen atoms in total. The number of pyridine rings is 1. The van der Waals surface area contributed by atoms with Gasteiger partial charge in [-0.05, 0) is 51.2 Å². The fraction of sp³-hybridized carbons (Fsp3) is 0.474.